The minimum absolute atomic E-state index is 0.0803. The summed E-state index contributed by atoms with van der Waals surface area (Å²) >= 11 is 7.23. The van der Waals surface area contributed by atoms with E-state index in [0.717, 1.165) is 23.1 Å². The van der Waals surface area contributed by atoms with Gasteiger partial charge in [-0.05, 0) is 23.1 Å². The molecule has 3 rings (SSSR count). The second-order valence-corrected chi connectivity index (χ2v) is 6.68. The quantitative estimate of drug-likeness (QED) is 0.857. The molecular formula is C18H16ClNOS. The summed E-state index contributed by atoms with van der Waals surface area (Å²) < 4.78 is 0. The minimum Gasteiger partial charge on any atom is -0.393 e. The lowest BCUT2D eigenvalue weighted by atomic mass is 9.96. The standard InChI is InChI=1S/C18H16ClNOS/c19-10-9-12-5-4-8-14(11-12)15-16(21)17(22-18(15)20)13-6-2-1-3-7-13/h1-8,11,17H,9-10,20H2. The first kappa shape index (κ1) is 15.2. The highest BCUT2D eigenvalue weighted by Crippen LogP contribution is 2.46. The van der Waals surface area contributed by atoms with E-state index in [-0.39, 0.29) is 11.0 Å². The summed E-state index contributed by atoms with van der Waals surface area (Å²) in [6.45, 7) is 0. The summed E-state index contributed by atoms with van der Waals surface area (Å²) in [5, 5.41) is 0.356. The average molecular weight is 330 g/mol. The van der Waals surface area contributed by atoms with E-state index < -0.39 is 0 Å². The van der Waals surface area contributed by atoms with Gasteiger partial charge in [0.15, 0.2) is 5.78 Å². The lowest BCUT2D eigenvalue weighted by molar-refractivity contribution is -0.113. The summed E-state index contributed by atoms with van der Waals surface area (Å²) in [7, 11) is 0. The molecule has 2 N–H and O–H groups in total. The van der Waals surface area contributed by atoms with Crippen LogP contribution in [0.15, 0.2) is 59.6 Å². The number of thioether (sulfide) groups is 1. The van der Waals surface area contributed by atoms with E-state index in [1.807, 2.05) is 54.6 Å². The van der Waals surface area contributed by atoms with Gasteiger partial charge in [0.2, 0.25) is 0 Å². The number of rotatable bonds is 4. The van der Waals surface area contributed by atoms with Crippen molar-refractivity contribution in [1.29, 1.82) is 0 Å². The van der Waals surface area contributed by atoms with Gasteiger partial charge in [-0.2, -0.15) is 0 Å². The molecule has 1 atom stereocenters. The predicted octanol–water partition coefficient (Wildman–Crippen LogP) is 4.15. The van der Waals surface area contributed by atoms with Crippen molar-refractivity contribution in [2.45, 2.75) is 11.7 Å². The highest BCUT2D eigenvalue weighted by atomic mass is 35.5. The highest BCUT2D eigenvalue weighted by molar-refractivity contribution is 8.04. The van der Waals surface area contributed by atoms with E-state index in [2.05, 4.69) is 0 Å². The van der Waals surface area contributed by atoms with Gasteiger partial charge >= 0.3 is 0 Å². The molecule has 0 bridgehead atoms. The maximum atomic E-state index is 12.8. The molecule has 0 amide bonds. The number of hydrogen-bond donors (Lipinski definition) is 1. The third-order valence-electron chi connectivity index (χ3n) is 3.68. The summed E-state index contributed by atoms with van der Waals surface area (Å²) in [6.07, 6.45) is 0.784. The zero-order chi connectivity index (χ0) is 15.5. The van der Waals surface area contributed by atoms with Gasteiger partial charge in [-0.3, -0.25) is 4.79 Å². The van der Waals surface area contributed by atoms with Crippen LogP contribution in [0.3, 0.4) is 0 Å². The van der Waals surface area contributed by atoms with Crippen LogP contribution in [0.2, 0.25) is 0 Å². The monoisotopic (exact) mass is 329 g/mol. The summed E-state index contributed by atoms with van der Waals surface area (Å²) in [5.41, 5.74) is 9.78. The Bertz CT molecular complexity index is 727. The lowest BCUT2D eigenvalue weighted by Gasteiger charge is -2.09. The van der Waals surface area contributed by atoms with Gasteiger partial charge in [0, 0.05) is 5.88 Å². The molecule has 2 aromatic rings. The highest BCUT2D eigenvalue weighted by Gasteiger charge is 2.34. The van der Waals surface area contributed by atoms with E-state index in [0.29, 0.717) is 16.5 Å². The molecule has 1 aliphatic rings. The summed E-state index contributed by atoms with van der Waals surface area (Å²) in [6, 6.07) is 17.7. The van der Waals surface area contributed by atoms with E-state index in [1.165, 1.54) is 11.8 Å². The van der Waals surface area contributed by atoms with Crippen molar-refractivity contribution < 1.29 is 4.79 Å². The third kappa shape index (κ3) is 2.92. The van der Waals surface area contributed by atoms with Crippen LogP contribution < -0.4 is 5.73 Å². The number of carbonyl (C=O) groups is 1. The molecule has 1 heterocycles. The Kier molecular flexibility index (Phi) is 4.55. The molecule has 2 aromatic carbocycles. The molecule has 0 aromatic heterocycles. The van der Waals surface area contributed by atoms with Gasteiger partial charge in [-0.15, -0.1) is 11.6 Å². The normalized spacial score (nSPS) is 18.0. The Morgan fingerprint density at radius 2 is 1.86 bits per heavy atom. The fraction of sp³-hybridized carbons (Fsp3) is 0.167. The van der Waals surface area contributed by atoms with Crippen LogP contribution in [0, 0.1) is 0 Å². The molecule has 0 fully saturated rings. The van der Waals surface area contributed by atoms with Crippen LogP contribution in [-0.4, -0.2) is 11.7 Å². The number of halogens is 1. The molecular weight excluding hydrogens is 314 g/mol. The second-order valence-electron chi connectivity index (χ2n) is 5.15. The summed E-state index contributed by atoms with van der Waals surface area (Å²) in [4.78, 5) is 12.8. The molecule has 2 nitrogen and oxygen atoms in total. The molecule has 22 heavy (non-hydrogen) atoms. The zero-order valence-corrected chi connectivity index (χ0v) is 13.5. The third-order valence-corrected chi connectivity index (χ3v) is 5.05. The molecule has 0 saturated carbocycles. The molecule has 0 radical (unpaired) electrons. The number of Topliss-reactive ketones (excluding diaryl/α,β-unsaturated/α-hetero) is 1. The number of nitrogens with two attached hydrogens (primary N) is 1. The first-order valence-corrected chi connectivity index (χ1v) is 8.53. The molecule has 4 heteroatoms. The van der Waals surface area contributed by atoms with Crippen molar-refractivity contribution in [1.82, 2.24) is 0 Å². The van der Waals surface area contributed by atoms with Crippen LogP contribution in [-0.2, 0) is 11.2 Å². The van der Waals surface area contributed by atoms with Crippen LogP contribution in [0.4, 0.5) is 0 Å². The number of benzene rings is 2. The van der Waals surface area contributed by atoms with Crippen LogP contribution in [0.1, 0.15) is 21.9 Å². The maximum absolute atomic E-state index is 12.8. The SMILES string of the molecule is NC1=C(c2cccc(CCCl)c2)C(=O)C(c2ccccc2)S1. The first-order valence-electron chi connectivity index (χ1n) is 7.11. The smallest absolute Gasteiger partial charge is 0.183 e. The summed E-state index contributed by atoms with van der Waals surface area (Å²) in [5.74, 6) is 0.643. The molecule has 1 aliphatic heterocycles. The van der Waals surface area contributed by atoms with Crippen LogP contribution in [0.25, 0.3) is 5.57 Å². The zero-order valence-electron chi connectivity index (χ0n) is 12.0. The molecule has 1 unspecified atom stereocenters. The van der Waals surface area contributed by atoms with Gasteiger partial charge in [0.25, 0.3) is 0 Å². The van der Waals surface area contributed by atoms with Crippen molar-refractivity contribution in [3.63, 3.8) is 0 Å². The van der Waals surface area contributed by atoms with Gasteiger partial charge in [0.05, 0.1) is 15.9 Å². The van der Waals surface area contributed by atoms with Crippen molar-refractivity contribution >= 4 is 34.7 Å². The van der Waals surface area contributed by atoms with Crippen molar-refractivity contribution in [3.05, 3.63) is 76.3 Å². The fourth-order valence-corrected chi connectivity index (χ4v) is 3.94. The Morgan fingerprint density at radius 3 is 2.59 bits per heavy atom. The fourth-order valence-electron chi connectivity index (χ4n) is 2.62. The van der Waals surface area contributed by atoms with Gasteiger partial charge in [-0.1, -0.05) is 66.4 Å². The molecule has 0 aliphatic carbocycles. The largest absolute Gasteiger partial charge is 0.393 e. The lowest BCUT2D eigenvalue weighted by Crippen LogP contribution is -2.07. The number of hydrogen-bond acceptors (Lipinski definition) is 3. The maximum Gasteiger partial charge on any atom is 0.183 e. The predicted molar refractivity (Wildman–Crippen MR) is 93.8 cm³/mol. The van der Waals surface area contributed by atoms with Crippen molar-refractivity contribution in [3.8, 4) is 0 Å². The second kappa shape index (κ2) is 6.59. The van der Waals surface area contributed by atoms with Crippen LogP contribution >= 0.6 is 23.4 Å². The molecule has 0 spiro atoms. The number of alkyl halides is 1. The Labute approximate surface area is 139 Å². The number of carbonyl (C=O) groups excluding carboxylic acids is 1. The Hall–Kier alpha value is -1.71. The molecule has 0 saturated heterocycles. The van der Waals surface area contributed by atoms with E-state index in [9.17, 15) is 4.79 Å². The first-order chi connectivity index (χ1) is 10.7. The van der Waals surface area contributed by atoms with E-state index in [1.54, 1.807) is 0 Å². The Balaban J connectivity index is 1.93. The van der Waals surface area contributed by atoms with E-state index in [4.69, 9.17) is 17.3 Å². The number of aryl methyl sites for hydroxylation is 1. The van der Waals surface area contributed by atoms with Crippen molar-refractivity contribution in [2.75, 3.05) is 5.88 Å². The van der Waals surface area contributed by atoms with Gasteiger partial charge < -0.3 is 5.73 Å². The minimum atomic E-state index is -0.243. The Morgan fingerprint density at radius 1 is 1.09 bits per heavy atom. The number of allylic oxidation sites excluding steroid dienone is 1. The van der Waals surface area contributed by atoms with Gasteiger partial charge in [-0.25, -0.2) is 0 Å². The molecule has 112 valence electrons. The van der Waals surface area contributed by atoms with Crippen molar-refractivity contribution in [2.24, 2.45) is 5.73 Å². The van der Waals surface area contributed by atoms with Crippen LogP contribution in [0.5, 0.6) is 0 Å². The number of ketones is 1. The van der Waals surface area contributed by atoms with E-state index >= 15 is 0 Å². The van der Waals surface area contributed by atoms with Gasteiger partial charge in [0.1, 0.15) is 0 Å². The average Bonchev–Trinajstić information content (AvgIpc) is 2.84. The topological polar surface area (TPSA) is 43.1 Å².